The first kappa shape index (κ1) is 14.7. The van der Waals surface area contributed by atoms with Gasteiger partial charge in [0.1, 0.15) is 5.75 Å². The normalized spacial score (nSPS) is 10.3. The van der Waals surface area contributed by atoms with E-state index in [-0.39, 0.29) is 0 Å². The van der Waals surface area contributed by atoms with Crippen LogP contribution in [0.15, 0.2) is 42.5 Å². The third-order valence-corrected chi connectivity index (χ3v) is 3.60. The van der Waals surface area contributed by atoms with Gasteiger partial charge >= 0.3 is 0 Å². The molecule has 0 spiro atoms. The van der Waals surface area contributed by atoms with Gasteiger partial charge in [0, 0.05) is 17.3 Å². The van der Waals surface area contributed by atoms with Gasteiger partial charge in [-0.1, -0.05) is 35.4 Å². The third-order valence-electron chi connectivity index (χ3n) is 3.19. The molecule has 0 saturated carbocycles. The Kier molecular flexibility index (Phi) is 5.31. The molecule has 0 radical (unpaired) electrons. The third kappa shape index (κ3) is 4.17. The lowest BCUT2D eigenvalue weighted by Gasteiger charge is -2.11. The minimum Gasteiger partial charge on any atom is -0.494 e. The van der Waals surface area contributed by atoms with E-state index in [0.29, 0.717) is 6.61 Å². The lowest BCUT2D eigenvalue weighted by Crippen LogP contribution is -2.08. The van der Waals surface area contributed by atoms with E-state index >= 15 is 0 Å². The molecule has 0 aliphatic heterocycles. The summed E-state index contributed by atoms with van der Waals surface area (Å²) in [5.41, 5.74) is 3.43. The zero-order valence-electron chi connectivity index (χ0n) is 11.9. The number of aryl methyl sites for hydroxylation is 1. The molecule has 2 aromatic carbocycles. The average Bonchev–Trinajstić information content (AvgIpc) is 2.45. The fourth-order valence-electron chi connectivity index (χ4n) is 1.92. The molecule has 106 valence electrons. The molecule has 0 heterocycles. The van der Waals surface area contributed by atoms with Gasteiger partial charge in [0.15, 0.2) is 0 Å². The van der Waals surface area contributed by atoms with Gasteiger partial charge in [0.2, 0.25) is 0 Å². The van der Waals surface area contributed by atoms with E-state index in [1.165, 1.54) is 5.56 Å². The van der Waals surface area contributed by atoms with E-state index in [0.717, 1.165) is 35.0 Å². The molecule has 0 aromatic heterocycles. The molecule has 2 rings (SSSR count). The van der Waals surface area contributed by atoms with Crippen LogP contribution in [0.1, 0.15) is 17.5 Å². The van der Waals surface area contributed by atoms with Crippen molar-refractivity contribution in [1.29, 1.82) is 0 Å². The fraction of sp³-hybridized carbons (Fsp3) is 0.294. The summed E-state index contributed by atoms with van der Waals surface area (Å²) in [6.45, 7) is 5.66. The second kappa shape index (κ2) is 7.20. The van der Waals surface area contributed by atoms with Crippen LogP contribution in [0.4, 0.5) is 5.69 Å². The van der Waals surface area contributed by atoms with E-state index in [4.69, 9.17) is 16.3 Å². The maximum Gasteiger partial charge on any atom is 0.119 e. The summed E-state index contributed by atoms with van der Waals surface area (Å²) in [6.07, 6.45) is 0.944. The molecule has 0 unspecified atom stereocenters. The van der Waals surface area contributed by atoms with Gasteiger partial charge in [-0.15, -0.1) is 0 Å². The maximum absolute atomic E-state index is 6.08. The number of nitrogens with one attached hydrogen (secondary N) is 1. The van der Waals surface area contributed by atoms with Gasteiger partial charge in [-0.05, 0) is 50.1 Å². The van der Waals surface area contributed by atoms with Crippen LogP contribution in [-0.4, -0.2) is 13.2 Å². The molecule has 2 nitrogen and oxygen atoms in total. The molecule has 1 N–H and O–H groups in total. The molecule has 0 aliphatic rings. The highest BCUT2D eigenvalue weighted by molar-refractivity contribution is 6.31. The van der Waals surface area contributed by atoms with Crippen LogP contribution < -0.4 is 10.1 Å². The van der Waals surface area contributed by atoms with E-state index < -0.39 is 0 Å². The van der Waals surface area contributed by atoms with Gasteiger partial charge in [-0.3, -0.25) is 0 Å². The topological polar surface area (TPSA) is 21.3 Å². The molecule has 0 aliphatic carbocycles. The molecule has 20 heavy (non-hydrogen) atoms. The number of hydrogen-bond donors (Lipinski definition) is 1. The van der Waals surface area contributed by atoms with Crippen LogP contribution in [0.25, 0.3) is 0 Å². The zero-order chi connectivity index (χ0) is 14.4. The maximum atomic E-state index is 6.08. The average molecular weight is 290 g/mol. The largest absolute Gasteiger partial charge is 0.494 e. The lowest BCUT2D eigenvalue weighted by molar-refractivity contribution is 0.315. The first-order valence-electron chi connectivity index (χ1n) is 6.85. The Bertz CT molecular complexity index is 551. The van der Waals surface area contributed by atoms with Crippen LogP contribution >= 0.6 is 11.6 Å². The van der Waals surface area contributed by atoms with Gasteiger partial charge in [0.25, 0.3) is 0 Å². The molecule has 0 atom stereocenters. The van der Waals surface area contributed by atoms with Gasteiger partial charge in [-0.2, -0.15) is 0 Å². The van der Waals surface area contributed by atoms with Crippen LogP contribution in [0.3, 0.4) is 0 Å². The molecule has 2 aromatic rings. The first-order chi connectivity index (χ1) is 9.66. The predicted molar refractivity (Wildman–Crippen MR) is 86.0 cm³/mol. The zero-order valence-corrected chi connectivity index (χ0v) is 12.7. The number of benzene rings is 2. The van der Waals surface area contributed by atoms with Crippen LogP contribution in [0.5, 0.6) is 5.75 Å². The van der Waals surface area contributed by atoms with Crippen molar-refractivity contribution in [3.8, 4) is 5.75 Å². The van der Waals surface area contributed by atoms with Gasteiger partial charge in [-0.25, -0.2) is 0 Å². The van der Waals surface area contributed by atoms with E-state index in [2.05, 4.69) is 24.4 Å². The minimum absolute atomic E-state index is 0.704. The fourth-order valence-corrected chi connectivity index (χ4v) is 2.09. The second-order valence-electron chi connectivity index (χ2n) is 4.85. The van der Waals surface area contributed by atoms with Crippen LogP contribution in [-0.2, 0) is 0 Å². The Morgan fingerprint density at radius 2 is 1.80 bits per heavy atom. The summed E-state index contributed by atoms with van der Waals surface area (Å²) in [7, 11) is 0. The summed E-state index contributed by atoms with van der Waals surface area (Å²) >= 11 is 6.08. The summed E-state index contributed by atoms with van der Waals surface area (Å²) in [5.74, 6) is 0.925. The first-order valence-corrected chi connectivity index (χ1v) is 7.23. The molecule has 0 bridgehead atoms. The predicted octanol–water partition coefficient (Wildman–Crippen LogP) is 4.84. The molecule has 0 fully saturated rings. The molecule has 3 heteroatoms. The highest BCUT2D eigenvalue weighted by Crippen LogP contribution is 2.22. The number of hydrogen-bond acceptors (Lipinski definition) is 2. The van der Waals surface area contributed by atoms with Crippen molar-refractivity contribution in [1.82, 2.24) is 0 Å². The highest BCUT2D eigenvalue weighted by Gasteiger charge is 2.00. The number of ether oxygens (including phenoxy) is 1. The smallest absolute Gasteiger partial charge is 0.119 e. The van der Waals surface area contributed by atoms with Crippen molar-refractivity contribution in [3.63, 3.8) is 0 Å². The van der Waals surface area contributed by atoms with E-state index in [9.17, 15) is 0 Å². The monoisotopic (exact) mass is 289 g/mol. The lowest BCUT2D eigenvalue weighted by atomic mass is 10.2. The SMILES string of the molecule is Cc1ccc(OCCCNc2cccc(Cl)c2C)cc1. The Morgan fingerprint density at radius 3 is 2.55 bits per heavy atom. The summed E-state index contributed by atoms with van der Waals surface area (Å²) in [4.78, 5) is 0. The quantitative estimate of drug-likeness (QED) is 0.769. The summed E-state index contributed by atoms with van der Waals surface area (Å²) < 4.78 is 5.69. The van der Waals surface area contributed by atoms with Crippen LogP contribution in [0.2, 0.25) is 5.02 Å². The van der Waals surface area contributed by atoms with Crippen molar-refractivity contribution in [3.05, 3.63) is 58.6 Å². The van der Waals surface area contributed by atoms with E-state index in [1.807, 2.05) is 37.3 Å². The molecule has 0 saturated heterocycles. The standard InChI is InChI=1S/C17H20ClNO/c1-13-7-9-15(10-8-13)20-12-4-11-19-17-6-3-5-16(18)14(17)2/h3,5-10,19H,4,11-12H2,1-2H3. The molecule has 0 amide bonds. The van der Waals surface area contributed by atoms with Gasteiger partial charge in [0.05, 0.1) is 6.61 Å². The second-order valence-corrected chi connectivity index (χ2v) is 5.26. The Balaban J connectivity index is 1.71. The minimum atomic E-state index is 0.704. The number of anilines is 1. The number of halogens is 1. The molecular weight excluding hydrogens is 270 g/mol. The van der Waals surface area contributed by atoms with Crippen molar-refractivity contribution < 1.29 is 4.74 Å². The van der Waals surface area contributed by atoms with Crippen molar-refractivity contribution in [2.24, 2.45) is 0 Å². The highest BCUT2D eigenvalue weighted by atomic mass is 35.5. The van der Waals surface area contributed by atoms with Crippen LogP contribution in [0, 0.1) is 13.8 Å². The van der Waals surface area contributed by atoms with Crippen molar-refractivity contribution >= 4 is 17.3 Å². The molecular formula is C17H20ClNO. The van der Waals surface area contributed by atoms with Gasteiger partial charge < -0.3 is 10.1 Å². The van der Waals surface area contributed by atoms with Crippen molar-refractivity contribution in [2.45, 2.75) is 20.3 Å². The Labute approximate surface area is 125 Å². The van der Waals surface area contributed by atoms with Crippen molar-refractivity contribution in [2.75, 3.05) is 18.5 Å². The summed E-state index contributed by atoms with van der Waals surface area (Å²) in [5, 5.41) is 4.18. The Morgan fingerprint density at radius 1 is 1.05 bits per heavy atom. The Hall–Kier alpha value is -1.67. The summed E-state index contributed by atoms with van der Waals surface area (Å²) in [6, 6.07) is 14.0. The van der Waals surface area contributed by atoms with E-state index in [1.54, 1.807) is 0 Å². The number of rotatable bonds is 6.